The molecular weight excluding hydrogens is 449 g/mol. The van der Waals surface area contributed by atoms with Gasteiger partial charge in [0.2, 0.25) is 5.91 Å². The Labute approximate surface area is 183 Å². The van der Waals surface area contributed by atoms with E-state index in [0.717, 1.165) is 24.3 Å². The van der Waals surface area contributed by atoms with Gasteiger partial charge in [0.15, 0.2) is 0 Å². The number of carbonyl (C=O) groups excluding carboxylic acids is 2. The lowest BCUT2D eigenvalue weighted by atomic mass is 9.95. The van der Waals surface area contributed by atoms with Gasteiger partial charge in [0.1, 0.15) is 5.75 Å². The third kappa shape index (κ3) is 4.87. The van der Waals surface area contributed by atoms with Gasteiger partial charge < -0.3 is 15.0 Å². The maximum Gasteiger partial charge on any atom is 0.501 e. The van der Waals surface area contributed by atoms with Crippen LogP contribution in [0, 0.1) is 5.92 Å². The van der Waals surface area contributed by atoms with Crippen molar-refractivity contribution in [2.45, 2.75) is 23.2 Å². The Balaban J connectivity index is 1.60. The molecule has 2 amide bonds. The number of para-hydroxylation sites is 2. The lowest BCUT2D eigenvalue weighted by molar-refractivity contribution is -0.121. The summed E-state index contributed by atoms with van der Waals surface area (Å²) >= 11 is 0. The van der Waals surface area contributed by atoms with E-state index in [9.17, 15) is 31.2 Å². The fourth-order valence-electron chi connectivity index (χ4n) is 3.42. The molecule has 0 radical (unpaired) electrons. The minimum atomic E-state index is -5.47. The van der Waals surface area contributed by atoms with Crippen molar-refractivity contribution < 1.29 is 35.9 Å². The number of likely N-dealkylation sites (tertiary alicyclic amines) is 1. The highest BCUT2D eigenvalue weighted by atomic mass is 32.2. The monoisotopic (exact) mass is 470 g/mol. The Morgan fingerprint density at radius 1 is 1.03 bits per heavy atom. The summed E-state index contributed by atoms with van der Waals surface area (Å²) in [7, 11) is -3.97. The van der Waals surface area contributed by atoms with Gasteiger partial charge in [-0.15, -0.1) is 0 Å². The van der Waals surface area contributed by atoms with Crippen LogP contribution in [0.15, 0.2) is 53.4 Å². The quantitative estimate of drug-likeness (QED) is 0.722. The summed E-state index contributed by atoms with van der Waals surface area (Å²) in [5.41, 5.74) is -4.79. The number of hydrogen-bond acceptors (Lipinski definition) is 5. The molecule has 32 heavy (non-hydrogen) atoms. The van der Waals surface area contributed by atoms with Crippen molar-refractivity contribution >= 4 is 27.3 Å². The molecule has 0 aliphatic carbocycles. The molecule has 0 unspecified atom stereocenters. The zero-order valence-electron chi connectivity index (χ0n) is 17.1. The van der Waals surface area contributed by atoms with E-state index in [0.29, 0.717) is 24.3 Å². The van der Waals surface area contributed by atoms with Gasteiger partial charge in [-0.25, -0.2) is 8.42 Å². The van der Waals surface area contributed by atoms with Gasteiger partial charge in [-0.1, -0.05) is 12.1 Å². The van der Waals surface area contributed by atoms with Crippen LogP contribution in [0.2, 0.25) is 0 Å². The third-order valence-electron chi connectivity index (χ3n) is 5.23. The minimum absolute atomic E-state index is 0.0723. The second kappa shape index (κ2) is 9.19. The number of anilines is 1. The van der Waals surface area contributed by atoms with E-state index in [2.05, 4.69) is 5.32 Å². The van der Waals surface area contributed by atoms with Crippen LogP contribution in [-0.2, 0) is 14.6 Å². The molecule has 0 aromatic heterocycles. The number of halogens is 3. The van der Waals surface area contributed by atoms with E-state index < -0.39 is 26.1 Å². The van der Waals surface area contributed by atoms with Crippen molar-refractivity contribution in [2.24, 2.45) is 5.92 Å². The zero-order valence-corrected chi connectivity index (χ0v) is 17.9. The van der Waals surface area contributed by atoms with Crippen LogP contribution in [0.3, 0.4) is 0 Å². The summed E-state index contributed by atoms with van der Waals surface area (Å²) < 4.78 is 66.0. The summed E-state index contributed by atoms with van der Waals surface area (Å²) in [4.78, 5) is 25.8. The minimum Gasteiger partial charge on any atom is -0.495 e. The van der Waals surface area contributed by atoms with E-state index in [4.69, 9.17) is 4.74 Å². The van der Waals surface area contributed by atoms with Gasteiger partial charge in [-0.3, -0.25) is 9.59 Å². The maximum atomic E-state index is 12.6. The highest BCUT2D eigenvalue weighted by Crippen LogP contribution is 2.31. The molecule has 0 bridgehead atoms. The predicted octanol–water partition coefficient (Wildman–Crippen LogP) is 3.48. The van der Waals surface area contributed by atoms with Crippen LogP contribution in [0.25, 0.3) is 0 Å². The molecule has 2 aromatic rings. The number of benzene rings is 2. The van der Waals surface area contributed by atoms with E-state index >= 15 is 0 Å². The highest BCUT2D eigenvalue weighted by Gasteiger charge is 2.46. The Morgan fingerprint density at radius 3 is 2.19 bits per heavy atom. The number of rotatable bonds is 5. The molecule has 7 nitrogen and oxygen atoms in total. The van der Waals surface area contributed by atoms with Gasteiger partial charge in [0.25, 0.3) is 15.7 Å². The van der Waals surface area contributed by atoms with Crippen molar-refractivity contribution in [3.8, 4) is 5.75 Å². The maximum absolute atomic E-state index is 12.6. The lowest BCUT2D eigenvalue weighted by Gasteiger charge is -2.31. The molecule has 0 spiro atoms. The van der Waals surface area contributed by atoms with E-state index in [1.165, 1.54) is 12.0 Å². The van der Waals surface area contributed by atoms with Crippen LogP contribution in [-0.4, -0.2) is 50.8 Å². The Morgan fingerprint density at radius 2 is 1.62 bits per heavy atom. The zero-order chi connectivity index (χ0) is 23.5. The van der Waals surface area contributed by atoms with Crippen molar-refractivity contribution in [2.75, 3.05) is 25.5 Å². The number of methoxy groups -OCH3 is 1. The number of hydrogen-bond donors (Lipinski definition) is 1. The molecule has 0 saturated carbocycles. The molecule has 172 valence electrons. The first-order valence-electron chi connectivity index (χ1n) is 9.69. The lowest BCUT2D eigenvalue weighted by Crippen LogP contribution is -2.41. The van der Waals surface area contributed by atoms with Crippen molar-refractivity contribution in [3.05, 3.63) is 54.1 Å². The van der Waals surface area contributed by atoms with Gasteiger partial charge in [-0.05, 0) is 49.2 Å². The second-order valence-corrected chi connectivity index (χ2v) is 9.17. The number of amides is 2. The van der Waals surface area contributed by atoms with E-state index in [-0.39, 0.29) is 30.5 Å². The fraction of sp³-hybridized carbons (Fsp3) is 0.333. The van der Waals surface area contributed by atoms with Gasteiger partial charge in [0.05, 0.1) is 17.7 Å². The second-order valence-electron chi connectivity index (χ2n) is 7.23. The first-order chi connectivity index (χ1) is 15.0. The molecule has 1 fully saturated rings. The van der Waals surface area contributed by atoms with Crippen molar-refractivity contribution in [3.63, 3.8) is 0 Å². The molecule has 3 rings (SSSR count). The average molecular weight is 470 g/mol. The molecular formula is C21H21F3N2O5S. The van der Waals surface area contributed by atoms with Crippen molar-refractivity contribution in [1.82, 2.24) is 4.90 Å². The fourth-order valence-corrected chi connectivity index (χ4v) is 4.18. The Kier molecular flexibility index (Phi) is 6.77. The van der Waals surface area contributed by atoms with Gasteiger partial charge in [0, 0.05) is 24.6 Å². The molecule has 1 heterocycles. The predicted molar refractivity (Wildman–Crippen MR) is 110 cm³/mol. The molecule has 1 aliphatic heterocycles. The number of piperidine rings is 1. The van der Waals surface area contributed by atoms with Gasteiger partial charge >= 0.3 is 5.51 Å². The van der Waals surface area contributed by atoms with Crippen LogP contribution in [0.1, 0.15) is 23.2 Å². The molecule has 1 N–H and O–H groups in total. The molecule has 11 heteroatoms. The summed E-state index contributed by atoms with van der Waals surface area (Å²) in [6, 6.07) is 10.6. The summed E-state index contributed by atoms with van der Waals surface area (Å²) in [5.74, 6) is -0.416. The topological polar surface area (TPSA) is 92.8 Å². The summed E-state index contributed by atoms with van der Waals surface area (Å²) in [6.45, 7) is 0.566. The highest BCUT2D eigenvalue weighted by molar-refractivity contribution is 7.92. The number of ether oxygens (including phenoxy) is 1. The molecule has 2 aromatic carbocycles. The van der Waals surface area contributed by atoms with Crippen LogP contribution in [0.4, 0.5) is 18.9 Å². The number of nitrogens with zero attached hydrogens (tertiary/aromatic N) is 1. The average Bonchev–Trinajstić information content (AvgIpc) is 2.78. The standard InChI is InChI=1S/C21H21F3N2O5S/c1-31-18-5-3-2-4-17(18)25-19(27)14-10-12-26(13-11-14)20(28)15-6-8-16(9-7-15)32(29,30)21(22,23)24/h2-9,14H,10-13H2,1H3,(H,25,27). The van der Waals surface area contributed by atoms with E-state index in [1.807, 2.05) is 0 Å². The van der Waals surface area contributed by atoms with Crippen LogP contribution < -0.4 is 10.1 Å². The third-order valence-corrected chi connectivity index (χ3v) is 6.74. The Hall–Kier alpha value is -3.08. The van der Waals surface area contributed by atoms with Crippen LogP contribution >= 0.6 is 0 Å². The molecule has 1 aliphatic rings. The smallest absolute Gasteiger partial charge is 0.495 e. The number of sulfone groups is 1. The molecule has 1 saturated heterocycles. The van der Waals surface area contributed by atoms with Crippen molar-refractivity contribution in [1.29, 1.82) is 0 Å². The summed E-state index contributed by atoms with van der Waals surface area (Å²) in [5, 5.41) is 2.82. The number of carbonyl (C=O) groups is 2. The first-order valence-corrected chi connectivity index (χ1v) is 11.2. The largest absolute Gasteiger partial charge is 0.501 e. The number of alkyl halides is 3. The normalized spacial score (nSPS) is 15.3. The van der Waals surface area contributed by atoms with Crippen LogP contribution in [0.5, 0.6) is 5.75 Å². The van der Waals surface area contributed by atoms with Gasteiger partial charge in [-0.2, -0.15) is 13.2 Å². The Bertz CT molecular complexity index is 1090. The molecule has 0 atom stereocenters. The SMILES string of the molecule is COc1ccccc1NC(=O)C1CCN(C(=O)c2ccc(S(=O)(=O)C(F)(F)F)cc2)CC1. The van der Waals surface area contributed by atoms with E-state index in [1.54, 1.807) is 24.3 Å². The first kappa shape index (κ1) is 23.6. The number of nitrogens with one attached hydrogen (secondary N) is 1. The summed E-state index contributed by atoms with van der Waals surface area (Å²) in [6.07, 6.45) is 0.820.